The van der Waals surface area contributed by atoms with Gasteiger partial charge in [0.15, 0.2) is 0 Å². The van der Waals surface area contributed by atoms with Crippen molar-refractivity contribution in [2.45, 2.75) is 19.8 Å². The number of hydrogen-bond acceptors (Lipinski definition) is 0. The Kier molecular flexibility index (Phi) is 4.62. The van der Waals surface area contributed by atoms with E-state index < -0.39 is 0 Å². The van der Waals surface area contributed by atoms with E-state index in [1.807, 2.05) is 34.7 Å². The van der Waals surface area contributed by atoms with Crippen molar-refractivity contribution in [1.82, 2.24) is 0 Å². The molecule has 94 valence electrons. The van der Waals surface area contributed by atoms with Gasteiger partial charge in [0.1, 0.15) is 5.82 Å². The Labute approximate surface area is 125 Å². The van der Waals surface area contributed by atoms with Crippen molar-refractivity contribution < 1.29 is 4.39 Å². The summed E-state index contributed by atoms with van der Waals surface area (Å²) in [7, 11) is 0. The number of hydrogen-bond donors (Lipinski definition) is 0. The first-order chi connectivity index (χ1) is 8.61. The molecule has 0 N–H and O–H groups in total. The van der Waals surface area contributed by atoms with Gasteiger partial charge in [-0.1, -0.05) is 49.2 Å². The molecule has 2 aromatic rings. The van der Waals surface area contributed by atoms with E-state index in [0.717, 1.165) is 24.0 Å². The molecule has 0 aliphatic rings. The summed E-state index contributed by atoms with van der Waals surface area (Å²) in [4.78, 5) is 0. The third-order valence-electron chi connectivity index (χ3n) is 2.81. The maximum absolute atomic E-state index is 13.6. The first kappa shape index (κ1) is 13.8. The van der Waals surface area contributed by atoms with E-state index in [2.05, 4.69) is 19.1 Å². The van der Waals surface area contributed by atoms with Gasteiger partial charge in [-0.15, -0.1) is 0 Å². The minimum absolute atomic E-state index is 0.268. The van der Waals surface area contributed by atoms with Crippen LogP contribution in [0.4, 0.5) is 4.39 Å². The van der Waals surface area contributed by atoms with Crippen LogP contribution in [0, 0.1) is 9.39 Å². The lowest BCUT2D eigenvalue weighted by molar-refractivity contribution is 0.621. The lowest BCUT2D eigenvalue weighted by atomic mass is 10.0. The summed E-state index contributed by atoms with van der Waals surface area (Å²) < 4.78 is 14.1. The van der Waals surface area contributed by atoms with Gasteiger partial charge in [0.25, 0.3) is 0 Å². The monoisotopic (exact) mass is 374 g/mol. The van der Waals surface area contributed by atoms with E-state index in [9.17, 15) is 4.39 Å². The molecule has 0 radical (unpaired) electrons. The van der Waals surface area contributed by atoms with Gasteiger partial charge in [-0.2, -0.15) is 0 Å². The summed E-state index contributed by atoms with van der Waals surface area (Å²) in [5.41, 5.74) is 3.12. The smallest absolute Gasteiger partial charge is 0.138 e. The maximum atomic E-state index is 13.6. The largest absolute Gasteiger partial charge is 0.206 e. The number of benzene rings is 2. The molecular formula is C15H13ClFI. The Hall–Kier alpha value is -0.610. The molecule has 0 spiro atoms. The molecule has 0 saturated carbocycles. The molecule has 0 saturated heterocycles. The van der Waals surface area contributed by atoms with Gasteiger partial charge in [0, 0.05) is 0 Å². The fourth-order valence-corrected chi connectivity index (χ4v) is 2.39. The number of rotatable bonds is 3. The molecule has 0 aliphatic carbocycles. The summed E-state index contributed by atoms with van der Waals surface area (Å²) in [5, 5.41) is 0.461. The lowest BCUT2D eigenvalue weighted by Gasteiger charge is -2.06. The van der Waals surface area contributed by atoms with Crippen molar-refractivity contribution in [3.63, 3.8) is 0 Å². The number of aryl methyl sites for hydroxylation is 1. The topological polar surface area (TPSA) is 0 Å². The molecule has 0 amide bonds. The molecule has 0 fully saturated rings. The van der Waals surface area contributed by atoms with Crippen molar-refractivity contribution in [3.8, 4) is 11.1 Å². The number of halogens is 3. The van der Waals surface area contributed by atoms with Crippen LogP contribution in [0.15, 0.2) is 36.4 Å². The van der Waals surface area contributed by atoms with Gasteiger partial charge >= 0.3 is 0 Å². The maximum Gasteiger partial charge on any atom is 0.138 e. The van der Waals surface area contributed by atoms with E-state index in [0.29, 0.717) is 8.59 Å². The lowest BCUT2D eigenvalue weighted by Crippen LogP contribution is -1.88. The summed E-state index contributed by atoms with van der Waals surface area (Å²) in [6.07, 6.45) is 2.20. The second-order valence-electron chi connectivity index (χ2n) is 4.20. The van der Waals surface area contributed by atoms with Crippen LogP contribution in [0.25, 0.3) is 11.1 Å². The highest BCUT2D eigenvalue weighted by Gasteiger charge is 2.08. The van der Waals surface area contributed by atoms with Gasteiger partial charge in [-0.05, 0) is 57.8 Å². The van der Waals surface area contributed by atoms with E-state index in [1.54, 1.807) is 6.07 Å². The first-order valence-corrected chi connectivity index (χ1v) is 7.31. The molecule has 2 rings (SSSR count). The molecule has 0 heterocycles. The molecule has 18 heavy (non-hydrogen) atoms. The minimum atomic E-state index is -0.268. The molecule has 0 unspecified atom stereocenters. The quantitative estimate of drug-likeness (QED) is 0.477. The molecule has 2 aromatic carbocycles. The SMILES string of the molecule is CCCc1ccc(-c2cc(F)c(I)c(Cl)c2)cc1. The Morgan fingerprint density at radius 3 is 2.33 bits per heavy atom. The molecule has 0 bridgehead atoms. The van der Waals surface area contributed by atoms with Crippen molar-refractivity contribution in [2.24, 2.45) is 0 Å². The van der Waals surface area contributed by atoms with Gasteiger partial charge < -0.3 is 0 Å². The predicted octanol–water partition coefficient (Wildman–Crippen LogP) is 5.70. The zero-order valence-corrected chi connectivity index (χ0v) is 12.9. The van der Waals surface area contributed by atoms with Gasteiger partial charge in [0.05, 0.1) is 8.59 Å². The van der Waals surface area contributed by atoms with Gasteiger partial charge in [-0.25, -0.2) is 4.39 Å². The van der Waals surface area contributed by atoms with Crippen molar-refractivity contribution in [1.29, 1.82) is 0 Å². The normalized spacial score (nSPS) is 10.7. The van der Waals surface area contributed by atoms with Crippen molar-refractivity contribution in [3.05, 3.63) is 56.4 Å². The second kappa shape index (κ2) is 6.02. The Morgan fingerprint density at radius 1 is 1.11 bits per heavy atom. The highest BCUT2D eigenvalue weighted by molar-refractivity contribution is 14.1. The van der Waals surface area contributed by atoms with Crippen LogP contribution >= 0.6 is 34.2 Å². The average molecular weight is 375 g/mol. The molecule has 0 atom stereocenters. The highest BCUT2D eigenvalue weighted by atomic mass is 127. The summed E-state index contributed by atoms with van der Waals surface area (Å²) >= 11 is 7.92. The molecule has 0 nitrogen and oxygen atoms in total. The summed E-state index contributed by atoms with van der Waals surface area (Å²) in [5.74, 6) is -0.268. The molecule has 0 aromatic heterocycles. The zero-order valence-electron chi connectivity index (χ0n) is 10.0. The van der Waals surface area contributed by atoms with Crippen molar-refractivity contribution in [2.75, 3.05) is 0 Å². The van der Waals surface area contributed by atoms with Gasteiger partial charge in [0.2, 0.25) is 0 Å². The van der Waals surface area contributed by atoms with Gasteiger partial charge in [-0.3, -0.25) is 0 Å². The van der Waals surface area contributed by atoms with E-state index in [4.69, 9.17) is 11.6 Å². The van der Waals surface area contributed by atoms with Crippen LogP contribution in [0.1, 0.15) is 18.9 Å². The van der Waals surface area contributed by atoms with Crippen LogP contribution in [-0.4, -0.2) is 0 Å². The van der Waals surface area contributed by atoms with Crippen LogP contribution < -0.4 is 0 Å². The summed E-state index contributed by atoms with van der Waals surface area (Å²) in [6.45, 7) is 2.15. The van der Waals surface area contributed by atoms with E-state index >= 15 is 0 Å². The fraction of sp³-hybridized carbons (Fsp3) is 0.200. The fourth-order valence-electron chi connectivity index (χ4n) is 1.87. The van der Waals surface area contributed by atoms with Crippen LogP contribution in [0.5, 0.6) is 0 Å². The Bertz CT molecular complexity index is 526. The molecule has 3 heteroatoms. The zero-order chi connectivity index (χ0) is 13.1. The van der Waals surface area contributed by atoms with E-state index in [-0.39, 0.29) is 5.82 Å². The predicted molar refractivity (Wildman–Crippen MR) is 83.6 cm³/mol. The third kappa shape index (κ3) is 3.04. The summed E-state index contributed by atoms with van der Waals surface area (Å²) in [6, 6.07) is 11.5. The van der Waals surface area contributed by atoms with Crippen LogP contribution in [-0.2, 0) is 6.42 Å². The Balaban J connectivity index is 2.36. The average Bonchev–Trinajstić information content (AvgIpc) is 2.37. The standard InChI is InChI=1S/C15H13ClFI/c1-2-3-10-4-6-11(7-5-10)12-8-13(16)15(18)14(17)9-12/h4-9H,2-3H2,1H3. The van der Waals surface area contributed by atoms with E-state index in [1.165, 1.54) is 11.6 Å². The minimum Gasteiger partial charge on any atom is -0.206 e. The molecule has 0 aliphatic heterocycles. The van der Waals surface area contributed by atoms with Crippen molar-refractivity contribution >= 4 is 34.2 Å². The molecular weight excluding hydrogens is 362 g/mol. The van der Waals surface area contributed by atoms with Crippen LogP contribution in [0.3, 0.4) is 0 Å². The first-order valence-electron chi connectivity index (χ1n) is 5.85. The van der Waals surface area contributed by atoms with Crippen LogP contribution in [0.2, 0.25) is 5.02 Å². The second-order valence-corrected chi connectivity index (χ2v) is 5.69. The highest BCUT2D eigenvalue weighted by Crippen LogP contribution is 2.29. The Morgan fingerprint density at radius 2 is 1.78 bits per heavy atom. The third-order valence-corrected chi connectivity index (χ3v) is 4.52.